The number of rotatable bonds is 1. The van der Waals surface area contributed by atoms with E-state index in [9.17, 15) is 4.79 Å². The molecule has 0 aromatic rings. The standard InChI is InChI=1S/C9H10O3/c1-6-2-3-8(10)5-7(4-6)9(11)12/h2-5,7,10H,1H3,(H,11,12). The molecule has 0 fully saturated rings. The van der Waals surface area contributed by atoms with Gasteiger partial charge in [0.1, 0.15) is 5.76 Å². The highest BCUT2D eigenvalue weighted by Crippen LogP contribution is 2.13. The van der Waals surface area contributed by atoms with Crippen molar-refractivity contribution in [1.82, 2.24) is 0 Å². The van der Waals surface area contributed by atoms with Crippen molar-refractivity contribution in [1.29, 1.82) is 0 Å². The van der Waals surface area contributed by atoms with E-state index in [1.165, 1.54) is 12.2 Å². The summed E-state index contributed by atoms with van der Waals surface area (Å²) in [6.45, 7) is 1.79. The van der Waals surface area contributed by atoms with Crippen LogP contribution in [0.25, 0.3) is 0 Å². The van der Waals surface area contributed by atoms with Gasteiger partial charge in [0.15, 0.2) is 0 Å². The van der Waals surface area contributed by atoms with Gasteiger partial charge in [-0.15, -0.1) is 0 Å². The highest BCUT2D eigenvalue weighted by Gasteiger charge is 2.13. The van der Waals surface area contributed by atoms with Crippen LogP contribution in [-0.4, -0.2) is 16.2 Å². The molecule has 1 aliphatic carbocycles. The first kappa shape index (κ1) is 8.59. The molecular formula is C9H10O3. The molecule has 1 unspecified atom stereocenters. The van der Waals surface area contributed by atoms with E-state index in [0.29, 0.717) is 0 Å². The van der Waals surface area contributed by atoms with Gasteiger partial charge in [0.25, 0.3) is 0 Å². The summed E-state index contributed by atoms with van der Waals surface area (Å²) in [5, 5.41) is 17.8. The van der Waals surface area contributed by atoms with E-state index in [0.717, 1.165) is 5.57 Å². The molecule has 1 rings (SSSR count). The van der Waals surface area contributed by atoms with Gasteiger partial charge in [0.05, 0.1) is 5.92 Å². The topological polar surface area (TPSA) is 57.5 Å². The molecule has 1 atom stereocenters. The zero-order chi connectivity index (χ0) is 9.14. The lowest BCUT2D eigenvalue weighted by Crippen LogP contribution is -2.08. The number of carbonyl (C=O) groups is 1. The molecule has 12 heavy (non-hydrogen) atoms. The number of aliphatic carboxylic acids is 1. The van der Waals surface area contributed by atoms with Gasteiger partial charge >= 0.3 is 5.97 Å². The van der Waals surface area contributed by atoms with Crippen molar-refractivity contribution in [3.63, 3.8) is 0 Å². The second-order valence-electron chi connectivity index (χ2n) is 2.70. The fraction of sp³-hybridized carbons (Fsp3) is 0.222. The molecule has 64 valence electrons. The lowest BCUT2D eigenvalue weighted by molar-refractivity contribution is -0.138. The van der Waals surface area contributed by atoms with Crippen molar-refractivity contribution in [3.8, 4) is 0 Å². The summed E-state index contributed by atoms with van der Waals surface area (Å²) in [5.41, 5.74) is 0.836. The quantitative estimate of drug-likeness (QED) is 0.622. The second kappa shape index (κ2) is 3.26. The van der Waals surface area contributed by atoms with E-state index in [-0.39, 0.29) is 5.76 Å². The Balaban J connectivity index is 2.96. The fourth-order valence-corrected chi connectivity index (χ4v) is 0.986. The molecule has 0 aromatic heterocycles. The van der Waals surface area contributed by atoms with Crippen LogP contribution >= 0.6 is 0 Å². The van der Waals surface area contributed by atoms with E-state index in [2.05, 4.69) is 0 Å². The third-order valence-electron chi connectivity index (χ3n) is 1.59. The van der Waals surface area contributed by atoms with E-state index in [4.69, 9.17) is 10.2 Å². The average molecular weight is 166 g/mol. The van der Waals surface area contributed by atoms with Gasteiger partial charge in [-0.25, -0.2) is 0 Å². The van der Waals surface area contributed by atoms with Crippen LogP contribution in [0.3, 0.4) is 0 Å². The maximum atomic E-state index is 10.6. The molecule has 0 radical (unpaired) electrons. The Bertz CT molecular complexity index is 262. The van der Waals surface area contributed by atoms with Crippen molar-refractivity contribution < 1.29 is 15.0 Å². The molecule has 0 aromatic carbocycles. The van der Waals surface area contributed by atoms with Crippen LogP contribution in [0.4, 0.5) is 0 Å². The second-order valence-corrected chi connectivity index (χ2v) is 2.70. The largest absolute Gasteiger partial charge is 0.508 e. The summed E-state index contributed by atoms with van der Waals surface area (Å²) in [7, 11) is 0. The number of aliphatic hydroxyl groups is 1. The van der Waals surface area contributed by atoms with Crippen LogP contribution in [0.5, 0.6) is 0 Å². The van der Waals surface area contributed by atoms with E-state index in [1.54, 1.807) is 19.1 Å². The minimum Gasteiger partial charge on any atom is -0.508 e. The lowest BCUT2D eigenvalue weighted by Gasteiger charge is -1.99. The molecule has 0 spiro atoms. The fourth-order valence-electron chi connectivity index (χ4n) is 0.986. The number of hydrogen-bond acceptors (Lipinski definition) is 2. The molecular weight excluding hydrogens is 156 g/mol. The summed E-state index contributed by atoms with van der Waals surface area (Å²) in [4.78, 5) is 10.6. The van der Waals surface area contributed by atoms with E-state index in [1.807, 2.05) is 0 Å². The van der Waals surface area contributed by atoms with Crippen molar-refractivity contribution in [3.05, 3.63) is 35.6 Å². The summed E-state index contributed by atoms with van der Waals surface area (Å²) in [5.74, 6) is -1.68. The smallest absolute Gasteiger partial charge is 0.314 e. The number of allylic oxidation sites excluding steroid dienone is 3. The SMILES string of the molecule is CC1=CC(C(=O)O)C=C(O)C=C1. The highest BCUT2D eigenvalue weighted by atomic mass is 16.4. The Hall–Kier alpha value is -1.51. The summed E-state index contributed by atoms with van der Waals surface area (Å²) in [6.07, 6.45) is 6.04. The van der Waals surface area contributed by atoms with E-state index < -0.39 is 11.9 Å². The Morgan fingerprint density at radius 1 is 1.42 bits per heavy atom. The Morgan fingerprint density at radius 3 is 2.67 bits per heavy atom. The number of aliphatic hydroxyl groups excluding tert-OH is 1. The summed E-state index contributed by atoms with van der Waals surface area (Å²) in [6, 6.07) is 0. The molecule has 2 N–H and O–H groups in total. The van der Waals surface area contributed by atoms with Crippen LogP contribution in [-0.2, 0) is 4.79 Å². The Morgan fingerprint density at radius 2 is 2.08 bits per heavy atom. The van der Waals surface area contributed by atoms with E-state index >= 15 is 0 Å². The molecule has 0 heterocycles. The highest BCUT2D eigenvalue weighted by molar-refractivity contribution is 5.75. The van der Waals surface area contributed by atoms with Crippen LogP contribution < -0.4 is 0 Å². The van der Waals surface area contributed by atoms with Crippen molar-refractivity contribution in [2.45, 2.75) is 6.92 Å². The van der Waals surface area contributed by atoms with Crippen molar-refractivity contribution >= 4 is 5.97 Å². The molecule has 1 aliphatic rings. The predicted molar refractivity (Wildman–Crippen MR) is 44.7 cm³/mol. The molecule has 3 nitrogen and oxygen atoms in total. The average Bonchev–Trinajstić information content (AvgIpc) is 2.13. The maximum absolute atomic E-state index is 10.6. The van der Waals surface area contributed by atoms with Crippen molar-refractivity contribution in [2.75, 3.05) is 0 Å². The maximum Gasteiger partial charge on any atom is 0.314 e. The summed E-state index contributed by atoms with van der Waals surface area (Å²) < 4.78 is 0. The Kier molecular flexibility index (Phi) is 2.33. The molecule has 3 heteroatoms. The van der Waals surface area contributed by atoms with Gasteiger partial charge in [-0.3, -0.25) is 4.79 Å². The zero-order valence-electron chi connectivity index (χ0n) is 6.69. The van der Waals surface area contributed by atoms with Gasteiger partial charge in [0.2, 0.25) is 0 Å². The summed E-state index contributed by atoms with van der Waals surface area (Å²) >= 11 is 0. The zero-order valence-corrected chi connectivity index (χ0v) is 6.69. The minimum atomic E-state index is -0.954. The van der Waals surface area contributed by atoms with Gasteiger partial charge < -0.3 is 10.2 Å². The number of carboxylic acids is 1. The number of carboxylic acid groups (broad SMARTS) is 1. The first-order valence-electron chi connectivity index (χ1n) is 3.59. The van der Waals surface area contributed by atoms with Gasteiger partial charge in [-0.2, -0.15) is 0 Å². The van der Waals surface area contributed by atoms with Crippen LogP contribution in [0, 0.1) is 5.92 Å². The van der Waals surface area contributed by atoms with Gasteiger partial charge in [0, 0.05) is 0 Å². The minimum absolute atomic E-state index is 0.00417. The van der Waals surface area contributed by atoms with Crippen LogP contribution in [0.15, 0.2) is 35.6 Å². The molecule has 0 saturated heterocycles. The van der Waals surface area contributed by atoms with Crippen molar-refractivity contribution in [2.24, 2.45) is 5.92 Å². The van der Waals surface area contributed by atoms with Crippen LogP contribution in [0.2, 0.25) is 0 Å². The molecule has 0 bridgehead atoms. The third-order valence-corrected chi connectivity index (χ3v) is 1.59. The molecule has 0 amide bonds. The lowest BCUT2D eigenvalue weighted by atomic mass is 10.1. The van der Waals surface area contributed by atoms with Gasteiger partial charge in [-0.1, -0.05) is 17.7 Å². The monoisotopic (exact) mass is 166 g/mol. The molecule has 0 aliphatic heterocycles. The predicted octanol–water partition coefficient (Wildman–Crippen LogP) is 1.65. The number of hydrogen-bond donors (Lipinski definition) is 2. The van der Waals surface area contributed by atoms with Crippen LogP contribution in [0.1, 0.15) is 6.92 Å². The van der Waals surface area contributed by atoms with Gasteiger partial charge in [-0.05, 0) is 19.1 Å². The Labute approximate surface area is 70.3 Å². The third kappa shape index (κ3) is 1.99. The molecule has 0 saturated carbocycles. The first-order chi connectivity index (χ1) is 5.59. The first-order valence-corrected chi connectivity index (χ1v) is 3.59. The normalized spacial score (nSPS) is 22.6.